The van der Waals surface area contributed by atoms with E-state index in [2.05, 4.69) is 20.0 Å². The number of piperidine rings is 1. The second-order valence-electron chi connectivity index (χ2n) is 5.83. The van der Waals surface area contributed by atoms with E-state index in [1.807, 2.05) is 6.07 Å². The van der Waals surface area contributed by atoms with Gasteiger partial charge < -0.3 is 9.26 Å². The highest BCUT2D eigenvalue weighted by Gasteiger charge is 2.26. The van der Waals surface area contributed by atoms with Gasteiger partial charge in [-0.05, 0) is 31.0 Å². The average Bonchev–Trinajstić information content (AvgIpc) is 3.04. The van der Waals surface area contributed by atoms with Crippen molar-refractivity contribution in [3.63, 3.8) is 0 Å². The van der Waals surface area contributed by atoms with Gasteiger partial charge in [-0.25, -0.2) is 0 Å². The van der Waals surface area contributed by atoms with Crippen molar-refractivity contribution < 1.29 is 9.26 Å². The van der Waals surface area contributed by atoms with Crippen LogP contribution in [-0.2, 0) is 17.7 Å². The second-order valence-corrected chi connectivity index (χ2v) is 6.24. The fourth-order valence-corrected chi connectivity index (χ4v) is 3.08. The summed E-state index contributed by atoms with van der Waals surface area (Å²) in [4.78, 5) is 10.9. The Morgan fingerprint density at radius 2 is 2.39 bits per heavy atom. The van der Waals surface area contributed by atoms with Crippen molar-refractivity contribution in [1.29, 1.82) is 0 Å². The van der Waals surface area contributed by atoms with E-state index in [4.69, 9.17) is 20.9 Å². The molecule has 0 unspecified atom stereocenters. The zero-order chi connectivity index (χ0) is 16.1. The molecule has 0 spiro atoms. The summed E-state index contributed by atoms with van der Waals surface area (Å²) >= 11 is 6.21. The molecule has 0 radical (unpaired) electrons. The molecular formula is C16H21ClN4O2. The third-order valence-corrected chi connectivity index (χ3v) is 4.46. The number of pyridine rings is 1. The Kier molecular flexibility index (Phi) is 5.59. The van der Waals surface area contributed by atoms with Gasteiger partial charge in [0.25, 0.3) is 0 Å². The van der Waals surface area contributed by atoms with Crippen LogP contribution in [0.2, 0.25) is 5.02 Å². The van der Waals surface area contributed by atoms with Crippen molar-refractivity contribution >= 4 is 11.6 Å². The zero-order valence-corrected chi connectivity index (χ0v) is 14.0. The monoisotopic (exact) mass is 336 g/mol. The van der Waals surface area contributed by atoms with Crippen LogP contribution in [0.3, 0.4) is 0 Å². The van der Waals surface area contributed by atoms with E-state index in [9.17, 15) is 0 Å². The zero-order valence-electron chi connectivity index (χ0n) is 13.2. The third-order valence-electron chi connectivity index (χ3n) is 4.12. The van der Waals surface area contributed by atoms with E-state index in [1.54, 1.807) is 19.5 Å². The van der Waals surface area contributed by atoms with Crippen molar-refractivity contribution in [2.75, 3.05) is 26.8 Å². The summed E-state index contributed by atoms with van der Waals surface area (Å²) < 4.78 is 10.5. The molecule has 2 aromatic heterocycles. The molecule has 6 nitrogen and oxygen atoms in total. The number of aromatic nitrogens is 3. The Hall–Kier alpha value is -1.50. The first kappa shape index (κ1) is 16.4. The van der Waals surface area contributed by atoms with Gasteiger partial charge >= 0.3 is 0 Å². The summed E-state index contributed by atoms with van der Waals surface area (Å²) in [6.45, 7) is 3.39. The topological polar surface area (TPSA) is 64.3 Å². The molecule has 124 valence electrons. The summed E-state index contributed by atoms with van der Waals surface area (Å²) in [5, 5.41) is 4.75. The predicted octanol–water partition coefficient (Wildman–Crippen LogP) is 2.69. The lowest BCUT2D eigenvalue weighted by molar-refractivity contribution is 0.180. The van der Waals surface area contributed by atoms with Crippen LogP contribution in [0.15, 0.2) is 23.0 Å². The predicted molar refractivity (Wildman–Crippen MR) is 86.4 cm³/mol. The minimum atomic E-state index is 0.285. The quantitative estimate of drug-likeness (QED) is 0.808. The lowest BCUT2D eigenvalue weighted by atomic mass is 9.97. The fourth-order valence-electron chi connectivity index (χ4n) is 2.90. The lowest BCUT2D eigenvalue weighted by Crippen LogP contribution is -2.34. The van der Waals surface area contributed by atoms with Crippen molar-refractivity contribution in [2.24, 2.45) is 0 Å². The summed E-state index contributed by atoms with van der Waals surface area (Å²) in [7, 11) is 1.67. The second kappa shape index (κ2) is 7.86. The molecule has 0 saturated carbocycles. The van der Waals surface area contributed by atoms with E-state index < -0.39 is 0 Å². The Bertz CT molecular complexity index is 634. The van der Waals surface area contributed by atoms with Crippen LogP contribution in [0.25, 0.3) is 0 Å². The molecule has 0 aromatic carbocycles. The van der Waals surface area contributed by atoms with Crippen LogP contribution >= 0.6 is 11.6 Å². The van der Waals surface area contributed by atoms with Crippen molar-refractivity contribution in [1.82, 2.24) is 20.0 Å². The number of hydrogen-bond acceptors (Lipinski definition) is 6. The van der Waals surface area contributed by atoms with Crippen LogP contribution in [0.4, 0.5) is 0 Å². The van der Waals surface area contributed by atoms with Crippen molar-refractivity contribution in [3.05, 3.63) is 40.8 Å². The average molecular weight is 337 g/mol. The van der Waals surface area contributed by atoms with E-state index in [0.29, 0.717) is 18.1 Å². The van der Waals surface area contributed by atoms with E-state index in [1.165, 1.54) is 0 Å². The first-order valence-electron chi connectivity index (χ1n) is 7.88. The van der Waals surface area contributed by atoms with Gasteiger partial charge in [-0.15, -0.1) is 0 Å². The van der Waals surface area contributed by atoms with Crippen LogP contribution in [0.1, 0.15) is 36.0 Å². The normalized spacial score (nSPS) is 19.1. The van der Waals surface area contributed by atoms with Gasteiger partial charge in [-0.3, -0.25) is 9.88 Å². The van der Waals surface area contributed by atoms with Crippen molar-refractivity contribution in [3.8, 4) is 0 Å². The Morgan fingerprint density at radius 3 is 3.22 bits per heavy atom. The smallest absolute Gasteiger partial charge is 0.231 e. The lowest BCUT2D eigenvalue weighted by Gasteiger charge is -2.31. The summed E-state index contributed by atoms with van der Waals surface area (Å²) in [6.07, 6.45) is 6.35. The molecule has 3 heterocycles. The number of likely N-dealkylation sites (tertiary alicyclic amines) is 1. The molecule has 0 amide bonds. The third kappa shape index (κ3) is 4.28. The molecule has 0 aliphatic carbocycles. The standard InChI is InChI=1S/C16H21ClN4O2/c1-22-8-5-15-19-16(23-20-15)13-3-2-7-21(11-13)10-12-4-6-18-9-14(12)17/h4,6,9,13H,2-3,5,7-8,10-11H2,1H3/t13-/m1/s1. The minimum Gasteiger partial charge on any atom is -0.384 e. The number of nitrogens with zero attached hydrogens (tertiary/aromatic N) is 4. The largest absolute Gasteiger partial charge is 0.384 e. The summed E-state index contributed by atoms with van der Waals surface area (Å²) in [6, 6.07) is 1.97. The summed E-state index contributed by atoms with van der Waals surface area (Å²) in [5.41, 5.74) is 1.11. The van der Waals surface area contributed by atoms with Gasteiger partial charge in [-0.1, -0.05) is 16.8 Å². The molecule has 2 aromatic rings. The Labute approximate surface area is 140 Å². The maximum absolute atomic E-state index is 6.21. The molecule has 1 aliphatic heterocycles. The molecular weight excluding hydrogens is 316 g/mol. The van der Waals surface area contributed by atoms with Crippen LogP contribution in [0, 0.1) is 0 Å². The van der Waals surface area contributed by atoms with Crippen LogP contribution in [0.5, 0.6) is 0 Å². The summed E-state index contributed by atoms with van der Waals surface area (Å²) in [5.74, 6) is 1.74. The van der Waals surface area contributed by atoms with E-state index >= 15 is 0 Å². The maximum Gasteiger partial charge on any atom is 0.231 e. The SMILES string of the molecule is COCCc1noc([C@@H]2CCCN(Cc3ccncc3Cl)C2)n1. The Balaban J connectivity index is 1.62. The molecule has 7 heteroatoms. The highest BCUT2D eigenvalue weighted by atomic mass is 35.5. The molecule has 1 atom stereocenters. The molecule has 0 N–H and O–H groups in total. The highest BCUT2D eigenvalue weighted by Crippen LogP contribution is 2.27. The van der Waals surface area contributed by atoms with Gasteiger partial charge in [0.2, 0.25) is 5.89 Å². The fraction of sp³-hybridized carbons (Fsp3) is 0.562. The number of rotatable bonds is 6. The number of ether oxygens (including phenoxy) is 1. The molecule has 3 rings (SSSR count). The van der Waals surface area contributed by atoms with Gasteiger partial charge in [-0.2, -0.15) is 4.98 Å². The molecule has 1 fully saturated rings. The maximum atomic E-state index is 6.21. The molecule has 0 bridgehead atoms. The number of hydrogen-bond donors (Lipinski definition) is 0. The van der Waals surface area contributed by atoms with E-state index in [0.717, 1.165) is 49.8 Å². The van der Waals surface area contributed by atoms with E-state index in [-0.39, 0.29) is 5.92 Å². The van der Waals surface area contributed by atoms with Gasteiger partial charge in [0.15, 0.2) is 5.82 Å². The number of methoxy groups -OCH3 is 1. The van der Waals surface area contributed by atoms with Crippen LogP contribution in [-0.4, -0.2) is 46.8 Å². The number of halogens is 1. The molecule has 1 aliphatic rings. The highest BCUT2D eigenvalue weighted by molar-refractivity contribution is 6.31. The molecule has 23 heavy (non-hydrogen) atoms. The van der Waals surface area contributed by atoms with Gasteiger partial charge in [0.05, 0.1) is 17.5 Å². The first-order valence-corrected chi connectivity index (χ1v) is 8.26. The minimum absolute atomic E-state index is 0.285. The van der Waals surface area contributed by atoms with Crippen LogP contribution < -0.4 is 0 Å². The van der Waals surface area contributed by atoms with Gasteiger partial charge in [0, 0.05) is 39.0 Å². The first-order chi connectivity index (χ1) is 11.3. The molecule has 1 saturated heterocycles. The van der Waals surface area contributed by atoms with Gasteiger partial charge in [0.1, 0.15) is 0 Å². The van der Waals surface area contributed by atoms with Crippen molar-refractivity contribution in [2.45, 2.75) is 31.7 Å². The Morgan fingerprint density at radius 1 is 1.48 bits per heavy atom.